The molecule has 4 nitrogen and oxygen atoms in total. The van der Waals surface area contributed by atoms with Gasteiger partial charge in [0.05, 0.1) is 0 Å². The van der Waals surface area contributed by atoms with E-state index >= 15 is 0 Å². The Labute approximate surface area is 113 Å². The van der Waals surface area contributed by atoms with Crippen molar-refractivity contribution >= 4 is 27.5 Å². The minimum atomic E-state index is -0.273. The maximum atomic E-state index is 12.9. The highest BCUT2D eigenvalue weighted by Gasteiger charge is 2.43. The maximum Gasteiger partial charge on any atom is 0.139 e. The minimum Gasteiger partial charge on any atom is -0.409 e. The van der Waals surface area contributed by atoms with E-state index in [1.54, 1.807) is 6.07 Å². The van der Waals surface area contributed by atoms with Gasteiger partial charge in [-0.15, -0.1) is 0 Å². The molecule has 0 spiro atoms. The summed E-state index contributed by atoms with van der Waals surface area (Å²) in [5.41, 5.74) is 6.45. The lowest BCUT2D eigenvalue weighted by Gasteiger charge is -2.16. The Balaban J connectivity index is 1.95. The fourth-order valence-corrected chi connectivity index (χ4v) is 2.42. The van der Waals surface area contributed by atoms with Crippen LogP contribution in [0.2, 0.25) is 0 Å². The van der Waals surface area contributed by atoms with Crippen molar-refractivity contribution in [3.63, 3.8) is 0 Å². The van der Waals surface area contributed by atoms with Crippen LogP contribution in [0.15, 0.2) is 27.8 Å². The second kappa shape index (κ2) is 5.14. The molecule has 0 aromatic heterocycles. The average molecular weight is 316 g/mol. The van der Waals surface area contributed by atoms with Crippen molar-refractivity contribution in [3.05, 3.63) is 28.5 Å². The number of nitrogens with zero attached hydrogens (tertiary/aromatic N) is 1. The van der Waals surface area contributed by atoms with Crippen LogP contribution in [0.1, 0.15) is 19.3 Å². The molecule has 0 aliphatic heterocycles. The molecular formula is C12H15BrFN3O. The lowest BCUT2D eigenvalue weighted by Crippen LogP contribution is -2.23. The van der Waals surface area contributed by atoms with Gasteiger partial charge in [0, 0.05) is 23.1 Å². The summed E-state index contributed by atoms with van der Waals surface area (Å²) in [7, 11) is 0. The zero-order valence-electron chi connectivity index (χ0n) is 9.79. The summed E-state index contributed by atoms with van der Waals surface area (Å²) in [5, 5.41) is 14.9. The molecule has 1 aromatic rings. The molecule has 4 N–H and O–H groups in total. The number of anilines is 1. The first kappa shape index (κ1) is 13.1. The molecule has 1 aliphatic rings. The van der Waals surface area contributed by atoms with E-state index in [2.05, 4.69) is 26.4 Å². The van der Waals surface area contributed by atoms with Gasteiger partial charge < -0.3 is 16.3 Å². The number of nitrogens with two attached hydrogens (primary N) is 1. The van der Waals surface area contributed by atoms with Crippen LogP contribution in [-0.2, 0) is 0 Å². The molecule has 0 bridgehead atoms. The van der Waals surface area contributed by atoms with E-state index in [4.69, 9.17) is 10.9 Å². The Kier molecular flexibility index (Phi) is 3.75. The molecule has 0 saturated heterocycles. The topological polar surface area (TPSA) is 70.6 Å². The zero-order valence-corrected chi connectivity index (χ0v) is 11.4. The Morgan fingerprint density at radius 3 is 2.83 bits per heavy atom. The van der Waals surface area contributed by atoms with E-state index in [-0.39, 0.29) is 17.1 Å². The number of benzene rings is 1. The Morgan fingerprint density at radius 2 is 2.28 bits per heavy atom. The fraction of sp³-hybridized carbons (Fsp3) is 0.417. The van der Waals surface area contributed by atoms with E-state index in [0.29, 0.717) is 10.9 Å². The van der Waals surface area contributed by atoms with E-state index in [1.807, 2.05) is 0 Å². The molecule has 98 valence electrons. The summed E-state index contributed by atoms with van der Waals surface area (Å²) in [6, 6.07) is 4.53. The molecule has 1 aromatic carbocycles. The molecule has 1 fully saturated rings. The first-order valence-corrected chi connectivity index (χ1v) is 6.49. The van der Waals surface area contributed by atoms with Gasteiger partial charge in [0.15, 0.2) is 0 Å². The van der Waals surface area contributed by atoms with Crippen LogP contribution < -0.4 is 11.1 Å². The number of rotatable bonds is 5. The van der Waals surface area contributed by atoms with Crippen LogP contribution in [0.5, 0.6) is 0 Å². The van der Waals surface area contributed by atoms with Gasteiger partial charge in [0.25, 0.3) is 0 Å². The van der Waals surface area contributed by atoms with Gasteiger partial charge in [-0.3, -0.25) is 0 Å². The summed E-state index contributed by atoms with van der Waals surface area (Å²) in [4.78, 5) is 0. The van der Waals surface area contributed by atoms with Crippen molar-refractivity contribution in [1.29, 1.82) is 0 Å². The van der Waals surface area contributed by atoms with Gasteiger partial charge in [-0.05, 0) is 52.4 Å². The predicted molar refractivity (Wildman–Crippen MR) is 72.3 cm³/mol. The quantitative estimate of drug-likeness (QED) is 0.338. The molecule has 18 heavy (non-hydrogen) atoms. The molecule has 0 amide bonds. The summed E-state index contributed by atoms with van der Waals surface area (Å²) in [5.74, 6) is -0.0160. The third-order valence-corrected chi connectivity index (χ3v) is 3.88. The first-order chi connectivity index (χ1) is 8.54. The van der Waals surface area contributed by atoms with Crippen LogP contribution in [0.4, 0.5) is 10.1 Å². The number of hydrogen-bond acceptors (Lipinski definition) is 3. The largest absolute Gasteiger partial charge is 0.409 e. The molecule has 6 heteroatoms. The van der Waals surface area contributed by atoms with E-state index in [1.165, 1.54) is 12.1 Å². The highest BCUT2D eigenvalue weighted by atomic mass is 79.9. The van der Waals surface area contributed by atoms with Crippen LogP contribution in [0.3, 0.4) is 0 Å². The molecule has 0 unspecified atom stereocenters. The van der Waals surface area contributed by atoms with E-state index in [9.17, 15) is 4.39 Å². The number of amidine groups is 1. The van der Waals surface area contributed by atoms with Crippen molar-refractivity contribution < 1.29 is 9.60 Å². The van der Waals surface area contributed by atoms with Crippen LogP contribution in [-0.4, -0.2) is 17.6 Å². The molecule has 1 aliphatic carbocycles. The highest BCUT2D eigenvalue weighted by molar-refractivity contribution is 9.10. The smallest absolute Gasteiger partial charge is 0.139 e. The van der Waals surface area contributed by atoms with Crippen LogP contribution in [0, 0.1) is 11.2 Å². The lowest BCUT2D eigenvalue weighted by molar-refractivity contribution is 0.315. The molecule has 0 atom stereocenters. The van der Waals surface area contributed by atoms with Gasteiger partial charge >= 0.3 is 0 Å². The van der Waals surface area contributed by atoms with Crippen molar-refractivity contribution in [2.24, 2.45) is 16.3 Å². The van der Waals surface area contributed by atoms with Gasteiger partial charge in [-0.25, -0.2) is 4.39 Å². The van der Waals surface area contributed by atoms with E-state index < -0.39 is 0 Å². The van der Waals surface area contributed by atoms with Crippen molar-refractivity contribution in [1.82, 2.24) is 0 Å². The van der Waals surface area contributed by atoms with Gasteiger partial charge in [-0.2, -0.15) is 0 Å². The summed E-state index contributed by atoms with van der Waals surface area (Å²) < 4.78 is 13.6. The van der Waals surface area contributed by atoms with Crippen LogP contribution in [0.25, 0.3) is 0 Å². The second-order valence-electron chi connectivity index (χ2n) is 4.75. The first-order valence-electron chi connectivity index (χ1n) is 5.70. The normalized spacial score (nSPS) is 17.6. The van der Waals surface area contributed by atoms with E-state index in [0.717, 1.165) is 25.1 Å². The minimum absolute atomic E-state index is 0.0736. The lowest BCUT2D eigenvalue weighted by atomic mass is 10.0. The van der Waals surface area contributed by atoms with Crippen molar-refractivity contribution in [3.8, 4) is 0 Å². The Bertz CT molecular complexity index is 474. The maximum absolute atomic E-state index is 12.9. The fourth-order valence-electron chi connectivity index (χ4n) is 1.93. The monoisotopic (exact) mass is 315 g/mol. The summed E-state index contributed by atoms with van der Waals surface area (Å²) >= 11 is 3.31. The predicted octanol–water partition coefficient (Wildman–Crippen LogP) is 2.92. The Morgan fingerprint density at radius 1 is 1.56 bits per heavy atom. The molecule has 0 radical (unpaired) electrons. The number of oxime groups is 1. The van der Waals surface area contributed by atoms with Gasteiger partial charge in [0.1, 0.15) is 11.7 Å². The Hall–Kier alpha value is -1.30. The second-order valence-corrected chi connectivity index (χ2v) is 5.60. The third kappa shape index (κ3) is 3.13. The zero-order chi connectivity index (χ0) is 13.2. The summed E-state index contributed by atoms with van der Waals surface area (Å²) in [6.45, 7) is 0.730. The summed E-state index contributed by atoms with van der Waals surface area (Å²) in [6.07, 6.45) is 2.68. The highest BCUT2D eigenvalue weighted by Crippen LogP contribution is 2.48. The molecular weight excluding hydrogens is 301 g/mol. The molecule has 1 saturated carbocycles. The van der Waals surface area contributed by atoms with Crippen molar-refractivity contribution in [2.75, 3.05) is 11.9 Å². The number of halogens is 2. The molecule has 2 rings (SSSR count). The van der Waals surface area contributed by atoms with Gasteiger partial charge in [0.2, 0.25) is 0 Å². The third-order valence-electron chi connectivity index (χ3n) is 3.23. The number of hydrogen-bond donors (Lipinski definition) is 3. The van der Waals surface area contributed by atoms with Crippen LogP contribution >= 0.6 is 15.9 Å². The van der Waals surface area contributed by atoms with Gasteiger partial charge in [-0.1, -0.05) is 5.16 Å². The standard InChI is InChI=1S/C12H15BrFN3O/c13-9-5-8(14)1-2-10(9)16-7-12(3-4-12)6-11(15)17-18/h1-2,5,16,18H,3-4,6-7H2,(H2,15,17). The molecule has 0 heterocycles. The van der Waals surface area contributed by atoms with Crippen molar-refractivity contribution in [2.45, 2.75) is 19.3 Å². The SMILES string of the molecule is NC(CC1(CNc2ccc(F)cc2Br)CC1)=NO. The average Bonchev–Trinajstić information content (AvgIpc) is 3.08. The number of nitrogens with one attached hydrogen (secondary N) is 1.